The molecule has 0 aliphatic rings. The molecule has 51 heavy (non-hydrogen) atoms. The van der Waals surface area contributed by atoms with Crippen LogP contribution in [0.4, 0.5) is 0 Å². The Labute approximate surface area is 314 Å². The molecule has 0 bridgehead atoms. The molecule has 0 aromatic rings. The summed E-state index contributed by atoms with van der Waals surface area (Å²) in [5.74, 6) is -0.815. The van der Waals surface area contributed by atoms with Crippen molar-refractivity contribution in [3.63, 3.8) is 0 Å². The Kier molecular flexibility index (Phi) is 38.0. The van der Waals surface area contributed by atoms with Crippen molar-refractivity contribution in [2.45, 2.75) is 225 Å². The molecule has 9 nitrogen and oxygen atoms in total. The lowest BCUT2D eigenvalue weighted by Crippen LogP contribution is -2.29. The molecule has 304 valence electrons. The SMILES string of the molecule is CCCCCCCCCCCCCCCCCCCCCC(=O)OCC(COP(=O)(O)OCCN)OC(=O)CCCCCCCCCCCCC. The molecule has 0 aromatic carbocycles. The summed E-state index contributed by atoms with van der Waals surface area (Å²) in [6.45, 7) is 3.76. The number of hydrogen-bond donors (Lipinski definition) is 2. The fraction of sp³-hybridized carbons (Fsp3) is 0.951. The van der Waals surface area contributed by atoms with Gasteiger partial charge in [0, 0.05) is 19.4 Å². The van der Waals surface area contributed by atoms with Crippen LogP contribution in [0.25, 0.3) is 0 Å². The third kappa shape index (κ3) is 38.5. The van der Waals surface area contributed by atoms with Crippen molar-refractivity contribution in [1.82, 2.24) is 0 Å². The molecule has 0 saturated heterocycles. The first-order valence-corrected chi connectivity index (χ1v) is 23.0. The van der Waals surface area contributed by atoms with Gasteiger partial charge in [0.1, 0.15) is 6.61 Å². The Hall–Kier alpha value is -0.990. The molecule has 0 amide bonds. The Morgan fingerprint density at radius 1 is 0.510 bits per heavy atom. The van der Waals surface area contributed by atoms with Gasteiger partial charge in [-0.25, -0.2) is 4.57 Å². The summed E-state index contributed by atoms with van der Waals surface area (Å²) in [5.41, 5.74) is 5.34. The van der Waals surface area contributed by atoms with Crippen LogP contribution in [-0.4, -0.2) is 49.3 Å². The van der Waals surface area contributed by atoms with E-state index >= 15 is 0 Å². The van der Waals surface area contributed by atoms with E-state index in [0.29, 0.717) is 6.42 Å². The zero-order valence-electron chi connectivity index (χ0n) is 33.4. The van der Waals surface area contributed by atoms with E-state index in [1.54, 1.807) is 0 Å². The molecule has 10 heteroatoms. The van der Waals surface area contributed by atoms with Crippen molar-refractivity contribution >= 4 is 19.8 Å². The molecule has 2 unspecified atom stereocenters. The van der Waals surface area contributed by atoms with Crippen molar-refractivity contribution in [1.29, 1.82) is 0 Å². The molecule has 2 atom stereocenters. The number of phosphoric acid groups is 1. The average Bonchev–Trinajstić information content (AvgIpc) is 3.11. The van der Waals surface area contributed by atoms with Crippen LogP contribution in [0.3, 0.4) is 0 Å². The Morgan fingerprint density at radius 2 is 0.843 bits per heavy atom. The second kappa shape index (κ2) is 38.7. The fourth-order valence-corrected chi connectivity index (χ4v) is 7.05. The second-order valence-corrected chi connectivity index (χ2v) is 16.0. The summed E-state index contributed by atoms with van der Waals surface area (Å²) in [7, 11) is -4.36. The molecule has 0 radical (unpaired) electrons. The number of ether oxygens (including phenoxy) is 2. The standard InChI is InChI=1S/C41H82NO8P/c1-3-5-7-9-11-13-15-16-17-18-19-20-21-22-24-25-27-29-31-33-40(43)47-37-39(38-49-51(45,46)48-36-35-42)50-41(44)34-32-30-28-26-23-14-12-10-8-6-4-2/h39H,3-38,42H2,1-2H3,(H,45,46). The number of phosphoric ester groups is 1. The van der Waals surface area contributed by atoms with Gasteiger partial charge in [-0.2, -0.15) is 0 Å². The van der Waals surface area contributed by atoms with E-state index in [1.165, 1.54) is 154 Å². The molecule has 3 N–H and O–H groups in total. The molecule has 0 spiro atoms. The highest BCUT2D eigenvalue weighted by Crippen LogP contribution is 2.43. The summed E-state index contributed by atoms with van der Waals surface area (Å²) in [6, 6.07) is 0. The summed E-state index contributed by atoms with van der Waals surface area (Å²) in [5, 5.41) is 0. The third-order valence-corrected chi connectivity index (χ3v) is 10.5. The van der Waals surface area contributed by atoms with Crippen LogP contribution in [0.15, 0.2) is 0 Å². The summed E-state index contributed by atoms with van der Waals surface area (Å²) >= 11 is 0. The van der Waals surface area contributed by atoms with Gasteiger partial charge >= 0.3 is 19.8 Å². The van der Waals surface area contributed by atoms with E-state index in [1.807, 2.05) is 0 Å². The maximum Gasteiger partial charge on any atom is 0.472 e. The van der Waals surface area contributed by atoms with E-state index < -0.39 is 26.5 Å². The van der Waals surface area contributed by atoms with Gasteiger partial charge in [0.25, 0.3) is 0 Å². The lowest BCUT2D eigenvalue weighted by atomic mass is 10.0. The first kappa shape index (κ1) is 50.0. The predicted octanol–water partition coefficient (Wildman–Crippen LogP) is 12.1. The van der Waals surface area contributed by atoms with Crippen molar-refractivity contribution in [3.05, 3.63) is 0 Å². The number of unbranched alkanes of at least 4 members (excludes halogenated alkanes) is 28. The topological polar surface area (TPSA) is 134 Å². The summed E-state index contributed by atoms with van der Waals surface area (Å²) in [6.07, 6.45) is 37.1. The number of esters is 2. The van der Waals surface area contributed by atoms with Crippen LogP contribution in [0.5, 0.6) is 0 Å². The number of carbonyl (C=O) groups excluding carboxylic acids is 2. The molecule has 0 heterocycles. The highest BCUT2D eigenvalue weighted by Gasteiger charge is 2.26. The van der Waals surface area contributed by atoms with Crippen LogP contribution in [0.1, 0.15) is 219 Å². The van der Waals surface area contributed by atoms with Gasteiger partial charge in [0.05, 0.1) is 13.2 Å². The lowest BCUT2D eigenvalue weighted by molar-refractivity contribution is -0.161. The van der Waals surface area contributed by atoms with Crippen LogP contribution < -0.4 is 5.73 Å². The van der Waals surface area contributed by atoms with Crippen molar-refractivity contribution in [2.75, 3.05) is 26.4 Å². The minimum absolute atomic E-state index is 0.0579. The number of hydrogen-bond acceptors (Lipinski definition) is 8. The van der Waals surface area contributed by atoms with E-state index in [9.17, 15) is 19.0 Å². The largest absolute Gasteiger partial charge is 0.472 e. The molecule has 0 saturated carbocycles. The van der Waals surface area contributed by atoms with Gasteiger partial charge in [-0.05, 0) is 12.8 Å². The van der Waals surface area contributed by atoms with Crippen LogP contribution in [0, 0.1) is 0 Å². The van der Waals surface area contributed by atoms with Crippen LogP contribution in [0.2, 0.25) is 0 Å². The number of rotatable bonds is 41. The van der Waals surface area contributed by atoms with Gasteiger partial charge in [-0.15, -0.1) is 0 Å². The zero-order chi connectivity index (χ0) is 37.5. The predicted molar refractivity (Wildman–Crippen MR) is 211 cm³/mol. The monoisotopic (exact) mass is 748 g/mol. The Bertz CT molecular complexity index is 815. The van der Waals surface area contributed by atoms with Gasteiger partial charge in [0.15, 0.2) is 6.10 Å². The normalized spacial score (nSPS) is 13.3. The fourth-order valence-electron chi connectivity index (χ4n) is 6.28. The van der Waals surface area contributed by atoms with Crippen molar-refractivity contribution in [2.24, 2.45) is 5.73 Å². The number of nitrogens with two attached hydrogens (primary N) is 1. The molecule has 0 rings (SSSR count). The average molecular weight is 748 g/mol. The van der Waals surface area contributed by atoms with Crippen LogP contribution >= 0.6 is 7.82 Å². The summed E-state index contributed by atoms with van der Waals surface area (Å²) < 4.78 is 32.7. The molecule has 0 fully saturated rings. The summed E-state index contributed by atoms with van der Waals surface area (Å²) in [4.78, 5) is 34.8. The maximum absolute atomic E-state index is 12.5. The van der Waals surface area contributed by atoms with E-state index in [4.69, 9.17) is 24.3 Å². The first-order chi connectivity index (χ1) is 24.8. The first-order valence-electron chi connectivity index (χ1n) is 21.5. The van der Waals surface area contributed by atoms with Gasteiger partial charge in [0.2, 0.25) is 0 Å². The van der Waals surface area contributed by atoms with E-state index in [-0.39, 0.29) is 38.6 Å². The lowest BCUT2D eigenvalue weighted by Gasteiger charge is -2.19. The van der Waals surface area contributed by atoms with Gasteiger partial charge in [-0.3, -0.25) is 18.6 Å². The minimum atomic E-state index is -4.36. The molecule has 0 aliphatic heterocycles. The Balaban J connectivity index is 4.04. The quantitative estimate of drug-likeness (QED) is 0.0356. The molecule has 0 aromatic heterocycles. The Morgan fingerprint density at radius 3 is 1.20 bits per heavy atom. The highest BCUT2D eigenvalue weighted by molar-refractivity contribution is 7.47. The molecule has 0 aliphatic carbocycles. The van der Waals surface area contributed by atoms with Crippen molar-refractivity contribution in [3.8, 4) is 0 Å². The zero-order valence-corrected chi connectivity index (χ0v) is 34.3. The third-order valence-electron chi connectivity index (χ3n) is 9.49. The molecular formula is C41H82NO8P. The smallest absolute Gasteiger partial charge is 0.462 e. The van der Waals surface area contributed by atoms with Crippen LogP contribution in [-0.2, 0) is 32.7 Å². The number of carbonyl (C=O) groups is 2. The molecular weight excluding hydrogens is 665 g/mol. The highest BCUT2D eigenvalue weighted by atomic mass is 31.2. The van der Waals surface area contributed by atoms with Gasteiger partial charge in [-0.1, -0.05) is 194 Å². The maximum atomic E-state index is 12.5. The minimum Gasteiger partial charge on any atom is -0.462 e. The second-order valence-electron chi connectivity index (χ2n) is 14.6. The van der Waals surface area contributed by atoms with E-state index in [0.717, 1.165) is 32.1 Å². The van der Waals surface area contributed by atoms with E-state index in [2.05, 4.69) is 13.8 Å². The van der Waals surface area contributed by atoms with Gasteiger partial charge < -0.3 is 20.1 Å². The van der Waals surface area contributed by atoms with Crippen molar-refractivity contribution < 1.29 is 37.6 Å².